The van der Waals surface area contributed by atoms with E-state index in [0.29, 0.717) is 41.6 Å². The minimum absolute atomic E-state index is 0.0954. The molecular formula is C32H42N6O3. The van der Waals surface area contributed by atoms with Crippen LogP contribution in [0.5, 0.6) is 11.5 Å². The highest BCUT2D eigenvalue weighted by atomic mass is 16.5. The number of carbonyl (C=O) groups is 2. The number of aliphatic imine (C=N–C) groups is 1. The normalized spacial score (nSPS) is 19.6. The molecule has 2 amide bonds. The Morgan fingerprint density at radius 3 is 2.37 bits per heavy atom. The number of hydrogen-bond donors (Lipinski definition) is 3. The van der Waals surface area contributed by atoms with Gasteiger partial charge in [0.25, 0.3) is 5.91 Å². The Hall–Kier alpha value is -3.85. The first-order chi connectivity index (χ1) is 19.9. The van der Waals surface area contributed by atoms with Gasteiger partial charge in [-0.15, -0.1) is 0 Å². The van der Waals surface area contributed by atoms with Crippen molar-refractivity contribution in [3.63, 3.8) is 0 Å². The summed E-state index contributed by atoms with van der Waals surface area (Å²) in [6, 6.07) is 13.8. The van der Waals surface area contributed by atoms with Gasteiger partial charge < -0.3 is 31.3 Å². The van der Waals surface area contributed by atoms with Crippen LogP contribution in [-0.2, 0) is 11.3 Å². The van der Waals surface area contributed by atoms with E-state index in [9.17, 15) is 9.59 Å². The van der Waals surface area contributed by atoms with Crippen molar-refractivity contribution in [2.45, 2.75) is 76.9 Å². The minimum atomic E-state index is -0.0954. The van der Waals surface area contributed by atoms with E-state index >= 15 is 0 Å². The number of nitrogens with one attached hydrogen (secondary N) is 1. The number of amidine groups is 1. The summed E-state index contributed by atoms with van der Waals surface area (Å²) in [6.07, 6.45) is 10.2. The lowest BCUT2D eigenvalue weighted by molar-refractivity contribution is -0.128. The second kappa shape index (κ2) is 13.2. The molecular weight excluding hydrogens is 516 g/mol. The second-order valence-electron chi connectivity index (χ2n) is 11.4. The van der Waals surface area contributed by atoms with E-state index in [2.05, 4.69) is 15.2 Å². The lowest BCUT2D eigenvalue weighted by atomic mass is 10.0. The number of benzene rings is 2. The van der Waals surface area contributed by atoms with Gasteiger partial charge in [0.15, 0.2) is 0 Å². The number of rotatable bonds is 9. The number of piperidine rings is 1. The third kappa shape index (κ3) is 7.47. The monoisotopic (exact) mass is 558 g/mol. The zero-order valence-corrected chi connectivity index (χ0v) is 24.0. The smallest absolute Gasteiger partial charge is 0.251 e. The van der Waals surface area contributed by atoms with Crippen LogP contribution in [0.1, 0.15) is 79.8 Å². The lowest BCUT2D eigenvalue weighted by Crippen LogP contribution is -2.47. The highest BCUT2D eigenvalue weighted by Gasteiger charge is 2.28. The summed E-state index contributed by atoms with van der Waals surface area (Å²) in [5.41, 5.74) is 14.4. The molecule has 0 spiro atoms. The Bertz CT molecular complexity index is 1290. The molecule has 5 N–H and O–H groups in total. The fourth-order valence-corrected chi connectivity index (χ4v) is 6.03. The van der Waals surface area contributed by atoms with E-state index in [-0.39, 0.29) is 17.9 Å². The highest BCUT2D eigenvalue weighted by Crippen LogP contribution is 2.30. The third-order valence-electron chi connectivity index (χ3n) is 8.39. The summed E-state index contributed by atoms with van der Waals surface area (Å²) in [5.74, 6) is 1.64. The van der Waals surface area contributed by atoms with Gasteiger partial charge in [-0.3, -0.25) is 9.59 Å². The van der Waals surface area contributed by atoms with Crippen LogP contribution < -0.4 is 21.5 Å². The molecule has 0 unspecified atom stereocenters. The van der Waals surface area contributed by atoms with Crippen molar-refractivity contribution < 1.29 is 14.3 Å². The number of hydrogen-bond acceptors (Lipinski definition) is 6. The van der Waals surface area contributed by atoms with Crippen LogP contribution in [0.4, 0.5) is 0 Å². The predicted octanol–water partition coefficient (Wildman–Crippen LogP) is 4.37. The molecule has 9 nitrogen and oxygen atoms in total. The molecule has 3 fully saturated rings. The Morgan fingerprint density at radius 1 is 1.00 bits per heavy atom. The number of nitrogens with two attached hydrogens (primary N) is 2. The van der Waals surface area contributed by atoms with E-state index < -0.39 is 0 Å². The quantitative estimate of drug-likeness (QED) is 0.310. The van der Waals surface area contributed by atoms with Gasteiger partial charge in [0.1, 0.15) is 11.5 Å². The van der Waals surface area contributed by atoms with Crippen LogP contribution >= 0.6 is 0 Å². The third-order valence-corrected chi connectivity index (χ3v) is 8.39. The Labute approximate surface area is 242 Å². The second-order valence-corrected chi connectivity index (χ2v) is 11.4. The van der Waals surface area contributed by atoms with Gasteiger partial charge >= 0.3 is 0 Å². The van der Waals surface area contributed by atoms with Gasteiger partial charge in [-0.05, 0) is 81.0 Å². The van der Waals surface area contributed by atoms with Crippen molar-refractivity contribution in [1.29, 1.82) is 0 Å². The van der Waals surface area contributed by atoms with Crippen molar-refractivity contribution in [2.75, 3.05) is 19.6 Å². The fraction of sp³-hybridized carbons (Fsp3) is 0.469. The molecule has 3 aliphatic rings. The maximum Gasteiger partial charge on any atom is 0.251 e. The maximum absolute atomic E-state index is 13.3. The first kappa shape index (κ1) is 28.7. The van der Waals surface area contributed by atoms with Gasteiger partial charge in [0.05, 0.1) is 17.7 Å². The molecule has 2 saturated heterocycles. The standard InChI is InChI=1S/C32H42N6O3/c1-22(33)35-20-29(34)23-10-12-28(13-11-23)41-30-19-24(8-9-25(30)21-38-16-4-7-31(38)39)32(40)36-26-14-17-37(18-15-26)27-5-2-3-6-27/h8-13,19-20,26-27H,2-7,14-18,21,34H2,1H3,(H2,33,35)(H,36,40)/b29-20-. The molecule has 0 aromatic heterocycles. The van der Waals surface area contributed by atoms with Crippen molar-refractivity contribution in [3.05, 3.63) is 65.4 Å². The average Bonchev–Trinajstić information content (AvgIpc) is 3.66. The molecule has 1 aliphatic carbocycles. The van der Waals surface area contributed by atoms with E-state index in [1.165, 1.54) is 31.9 Å². The highest BCUT2D eigenvalue weighted by molar-refractivity contribution is 5.95. The SMILES string of the molecule is CC(N)=N/C=C(\N)c1ccc(Oc2cc(C(=O)NC3CCN(C4CCCC4)CC3)ccc2CN2CCCC2=O)cc1. The van der Waals surface area contributed by atoms with Crippen molar-refractivity contribution >= 4 is 23.3 Å². The van der Waals surface area contributed by atoms with E-state index in [4.69, 9.17) is 16.2 Å². The molecule has 9 heteroatoms. The molecule has 1 saturated carbocycles. The molecule has 2 aliphatic heterocycles. The largest absolute Gasteiger partial charge is 0.457 e. The summed E-state index contributed by atoms with van der Waals surface area (Å²) >= 11 is 0. The molecule has 2 heterocycles. The van der Waals surface area contributed by atoms with Gasteiger partial charge in [-0.2, -0.15) is 0 Å². The van der Waals surface area contributed by atoms with Crippen LogP contribution in [0.2, 0.25) is 0 Å². The molecule has 218 valence electrons. The molecule has 2 aromatic rings. The van der Waals surface area contributed by atoms with E-state index in [1.54, 1.807) is 13.0 Å². The van der Waals surface area contributed by atoms with Crippen molar-refractivity contribution in [2.24, 2.45) is 16.5 Å². The van der Waals surface area contributed by atoms with Crippen LogP contribution in [-0.4, -0.2) is 59.2 Å². The molecule has 0 bridgehead atoms. The number of nitrogens with zero attached hydrogens (tertiary/aromatic N) is 3. The number of ether oxygens (including phenoxy) is 1. The van der Waals surface area contributed by atoms with Crippen LogP contribution in [0.15, 0.2) is 53.7 Å². The number of carbonyl (C=O) groups excluding carboxylic acids is 2. The Balaban J connectivity index is 1.29. The summed E-state index contributed by atoms with van der Waals surface area (Å²) in [6.45, 7) is 4.95. The number of likely N-dealkylation sites (tertiary alicyclic amines) is 2. The van der Waals surface area contributed by atoms with E-state index in [0.717, 1.165) is 56.1 Å². The summed E-state index contributed by atoms with van der Waals surface area (Å²) in [5, 5.41) is 3.25. The fourth-order valence-electron chi connectivity index (χ4n) is 6.03. The van der Waals surface area contributed by atoms with Gasteiger partial charge in [-0.25, -0.2) is 4.99 Å². The molecule has 41 heavy (non-hydrogen) atoms. The van der Waals surface area contributed by atoms with Gasteiger partial charge in [0, 0.05) is 55.8 Å². The van der Waals surface area contributed by atoms with Crippen LogP contribution in [0.3, 0.4) is 0 Å². The van der Waals surface area contributed by atoms with Crippen LogP contribution in [0.25, 0.3) is 5.70 Å². The zero-order valence-electron chi connectivity index (χ0n) is 24.0. The predicted molar refractivity (Wildman–Crippen MR) is 161 cm³/mol. The Morgan fingerprint density at radius 2 is 1.71 bits per heavy atom. The molecule has 2 aromatic carbocycles. The maximum atomic E-state index is 13.3. The summed E-state index contributed by atoms with van der Waals surface area (Å²) < 4.78 is 6.31. The van der Waals surface area contributed by atoms with Crippen molar-refractivity contribution in [1.82, 2.24) is 15.1 Å². The Kier molecular flexibility index (Phi) is 9.24. The minimum Gasteiger partial charge on any atom is -0.457 e. The average molecular weight is 559 g/mol. The zero-order chi connectivity index (χ0) is 28.8. The first-order valence-corrected chi connectivity index (χ1v) is 14.8. The van der Waals surface area contributed by atoms with Crippen LogP contribution in [0, 0.1) is 0 Å². The number of amides is 2. The lowest BCUT2D eigenvalue weighted by Gasteiger charge is -2.36. The molecule has 0 atom stereocenters. The van der Waals surface area contributed by atoms with Crippen molar-refractivity contribution in [3.8, 4) is 11.5 Å². The molecule has 5 rings (SSSR count). The summed E-state index contributed by atoms with van der Waals surface area (Å²) in [4.78, 5) is 34.1. The topological polar surface area (TPSA) is 126 Å². The van der Waals surface area contributed by atoms with Gasteiger partial charge in [0.2, 0.25) is 5.91 Å². The summed E-state index contributed by atoms with van der Waals surface area (Å²) in [7, 11) is 0. The van der Waals surface area contributed by atoms with E-state index in [1.807, 2.05) is 41.3 Å². The van der Waals surface area contributed by atoms with Gasteiger partial charge in [-0.1, -0.05) is 18.9 Å². The molecule has 0 radical (unpaired) electrons. The first-order valence-electron chi connectivity index (χ1n) is 14.8.